The van der Waals surface area contributed by atoms with Crippen LogP contribution in [0.5, 0.6) is 5.75 Å². The Balaban J connectivity index is 1.99. The average Bonchev–Trinajstić information content (AvgIpc) is 3.16. The van der Waals surface area contributed by atoms with E-state index < -0.39 is 0 Å². The third kappa shape index (κ3) is 4.27. The van der Waals surface area contributed by atoms with Crippen LogP contribution < -0.4 is 4.74 Å². The minimum Gasteiger partial charge on any atom is -0.492 e. The molecule has 0 saturated heterocycles. The number of alkyl halides is 1. The van der Waals surface area contributed by atoms with Crippen LogP contribution in [-0.4, -0.2) is 12.5 Å². The quantitative estimate of drug-likeness (QED) is 0.572. The Morgan fingerprint density at radius 3 is 2.94 bits per heavy atom. The minimum absolute atomic E-state index is 0.580. The van der Waals surface area contributed by atoms with E-state index in [1.165, 1.54) is 24.8 Å². The Hall–Kier alpha value is -1.13. The van der Waals surface area contributed by atoms with Gasteiger partial charge in [-0.15, -0.1) is 11.6 Å². The molecule has 0 radical (unpaired) electrons. The van der Waals surface area contributed by atoms with Crippen LogP contribution in [-0.2, 0) is 0 Å². The third-order valence-corrected chi connectivity index (χ3v) is 3.25. The average molecular weight is 263 g/mol. The normalized spacial score (nSPS) is 13.9. The second kappa shape index (κ2) is 6.71. The Morgan fingerprint density at radius 2 is 2.22 bits per heavy atom. The zero-order valence-electron chi connectivity index (χ0n) is 10.8. The van der Waals surface area contributed by atoms with Gasteiger partial charge in [-0.05, 0) is 37.0 Å². The Labute approximate surface area is 114 Å². The van der Waals surface area contributed by atoms with Gasteiger partial charge < -0.3 is 4.74 Å². The van der Waals surface area contributed by atoms with Gasteiger partial charge in [0, 0.05) is 12.3 Å². The van der Waals surface area contributed by atoms with Gasteiger partial charge >= 0.3 is 0 Å². The van der Waals surface area contributed by atoms with E-state index in [-0.39, 0.29) is 0 Å². The second-order valence-electron chi connectivity index (χ2n) is 4.82. The van der Waals surface area contributed by atoms with Crippen molar-refractivity contribution >= 4 is 11.6 Å². The summed E-state index contributed by atoms with van der Waals surface area (Å²) < 4.78 is 5.84. The van der Waals surface area contributed by atoms with Crippen molar-refractivity contribution in [1.82, 2.24) is 0 Å². The second-order valence-corrected chi connectivity index (χ2v) is 5.20. The molecule has 1 aliphatic carbocycles. The van der Waals surface area contributed by atoms with Crippen LogP contribution >= 0.6 is 11.6 Å². The van der Waals surface area contributed by atoms with Gasteiger partial charge in [-0.3, -0.25) is 0 Å². The molecule has 0 amide bonds. The summed E-state index contributed by atoms with van der Waals surface area (Å²) in [6.07, 6.45) is 4.64. The summed E-state index contributed by atoms with van der Waals surface area (Å²) >= 11 is 5.63. The molecule has 2 heteroatoms. The van der Waals surface area contributed by atoms with Gasteiger partial charge in [-0.2, -0.15) is 0 Å². The summed E-state index contributed by atoms with van der Waals surface area (Å²) in [5.74, 6) is 8.61. The molecule has 0 aliphatic heterocycles. The minimum atomic E-state index is 0.580. The molecule has 0 spiro atoms. The van der Waals surface area contributed by atoms with E-state index in [9.17, 15) is 0 Å². The highest BCUT2D eigenvalue weighted by molar-refractivity contribution is 6.18. The predicted molar refractivity (Wildman–Crippen MR) is 76.2 cm³/mol. The number of rotatable bonds is 5. The van der Waals surface area contributed by atoms with Gasteiger partial charge in [0.15, 0.2) is 0 Å². The summed E-state index contributed by atoms with van der Waals surface area (Å²) in [6, 6.07) is 6.17. The molecule has 0 aromatic heterocycles. The zero-order chi connectivity index (χ0) is 12.8. The van der Waals surface area contributed by atoms with Crippen LogP contribution in [0.25, 0.3) is 0 Å². The van der Waals surface area contributed by atoms with Crippen molar-refractivity contribution in [3.8, 4) is 17.6 Å². The highest BCUT2D eigenvalue weighted by atomic mass is 35.5. The summed E-state index contributed by atoms with van der Waals surface area (Å²) in [4.78, 5) is 0. The van der Waals surface area contributed by atoms with Crippen molar-refractivity contribution in [2.24, 2.45) is 5.92 Å². The fraction of sp³-hybridized carbons (Fsp3) is 0.500. The van der Waals surface area contributed by atoms with Crippen LogP contribution in [0, 0.1) is 24.7 Å². The first-order valence-corrected chi connectivity index (χ1v) is 7.11. The summed E-state index contributed by atoms with van der Waals surface area (Å²) in [5, 5.41) is 0. The fourth-order valence-electron chi connectivity index (χ4n) is 1.81. The van der Waals surface area contributed by atoms with E-state index in [2.05, 4.69) is 30.9 Å². The highest BCUT2D eigenvalue weighted by Gasteiger charge is 2.20. The molecule has 0 atom stereocenters. The highest BCUT2D eigenvalue weighted by Crippen LogP contribution is 2.32. The lowest BCUT2D eigenvalue weighted by molar-refractivity contribution is 0.301. The van der Waals surface area contributed by atoms with Crippen molar-refractivity contribution in [3.63, 3.8) is 0 Å². The van der Waals surface area contributed by atoms with Crippen molar-refractivity contribution in [2.45, 2.75) is 32.6 Å². The topological polar surface area (TPSA) is 9.23 Å². The number of benzene rings is 1. The summed E-state index contributed by atoms with van der Waals surface area (Å²) in [5.41, 5.74) is 2.19. The van der Waals surface area contributed by atoms with Gasteiger partial charge in [-0.25, -0.2) is 0 Å². The molecule has 96 valence electrons. The third-order valence-electron chi connectivity index (χ3n) is 3.06. The Bertz CT molecular complexity index is 452. The number of aryl methyl sites for hydroxylation is 1. The Morgan fingerprint density at radius 1 is 1.39 bits per heavy atom. The zero-order valence-corrected chi connectivity index (χ0v) is 11.6. The molecule has 1 nitrogen and oxygen atoms in total. The number of ether oxygens (including phenoxy) is 1. The summed E-state index contributed by atoms with van der Waals surface area (Å²) in [7, 11) is 0. The van der Waals surface area contributed by atoms with E-state index in [0.29, 0.717) is 5.88 Å². The lowest BCUT2D eigenvalue weighted by atomic mass is 10.1. The van der Waals surface area contributed by atoms with E-state index in [1.54, 1.807) is 0 Å². The van der Waals surface area contributed by atoms with Gasteiger partial charge in [0.2, 0.25) is 0 Å². The van der Waals surface area contributed by atoms with Gasteiger partial charge in [-0.1, -0.05) is 30.7 Å². The maximum absolute atomic E-state index is 5.84. The summed E-state index contributed by atoms with van der Waals surface area (Å²) in [6.45, 7) is 2.87. The molecule has 0 heterocycles. The molecule has 1 aromatic carbocycles. The van der Waals surface area contributed by atoms with Crippen LogP contribution in [0.15, 0.2) is 18.2 Å². The molecule has 1 fully saturated rings. The first kappa shape index (κ1) is 13.3. The molecule has 1 saturated carbocycles. The molecule has 0 N–H and O–H groups in total. The van der Waals surface area contributed by atoms with E-state index >= 15 is 0 Å². The molecule has 18 heavy (non-hydrogen) atoms. The molecular formula is C16H19ClO. The van der Waals surface area contributed by atoms with Crippen LogP contribution in [0.4, 0.5) is 0 Å². The fourth-order valence-corrected chi connectivity index (χ4v) is 1.91. The van der Waals surface area contributed by atoms with Crippen molar-refractivity contribution in [3.05, 3.63) is 29.3 Å². The van der Waals surface area contributed by atoms with Gasteiger partial charge in [0.05, 0.1) is 12.2 Å². The van der Waals surface area contributed by atoms with Crippen LogP contribution in [0.2, 0.25) is 0 Å². The predicted octanol–water partition coefficient (Wildman–Crippen LogP) is 4.15. The first-order valence-electron chi connectivity index (χ1n) is 6.58. The van der Waals surface area contributed by atoms with Gasteiger partial charge in [0.1, 0.15) is 5.75 Å². The molecule has 2 rings (SSSR count). The van der Waals surface area contributed by atoms with E-state index in [4.69, 9.17) is 16.3 Å². The molecule has 1 aliphatic rings. The van der Waals surface area contributed by atoms with Crippen molar-refractivity contribution in [1.29, 1.82) is 0 Å². The van der Waals surface area contributed by atoms with Crippen LogP contribution in [0.1, 0.15) is 36.8 Å². The molecule has 1 aromatic rings. The first-order chi connectivity index (χ1) is 8.79. The van der Waals surface area contributed by atoms with Crippen molar-refractivity contribution in [2.75, 3.05) is 12.5 Å². The lowest BCUT2D eigenvalue weighted by Crippen LogP contribution is -2.00. The lowest BCUT2D eigenvalue weighted by Gasteiger charge is -2.08. The van der Waals surface area contributed by atoms with Gasteiger partial charge in [0.25, 0.3) is 0 Å². The largest absolute Gasteiger partial charge is 0.492 e. The number of halogens is 1. The molecule has 0 bridgehead atoms. The molecular weight excluding hydrogens is 244 g/mol. The van der Waals surface area contributed by atoms with Crippen LogP contribution in [0.3, 0.4) is 0 Å². The maximum atomic E-state index is 5.84. The number of hydrogen-bond donors (Lipinski definition) is 0. The van der Waals surface area contributed by atoms with E-state index in [0.717, 1.165) is 30.3 Å². The standard InChI is InChI=1S/C16H19ClO/c1-13-5-8-16(18-11-9-14-6-7-14)15(12-13)4-2-3-10-17/h5,8,12,14H,3,6-7,9-11H2,1H3. The van der Waals surface area contributed by atoms with E-state index in [1.807, 2.05) is 6.07 Å². The number of hydrogen-bond acceptors (Lipinski definition) is 1. The maximum Gasteiger partial charge on any atom is 0.134 e. The SMILES string of the molecule is Cc1ccc(OCCC2CC2)c(C#CCCCl)c1. The van der Waals surface area contributed by atoms with Crippen molar-refractivity contribution < 1.29 is 4.74 Å². The Kier molecular flexibility index (Phi) is 4.96. The monoisotopic (exact) mass is 262 g/mol. The smallest absolute Gasteiger partial charge is 0.134 e. The molecule has 0 unspecified atom stereocenters.